The Bertz CT molecular complexity index is 373. The summed E-state index contributed by atoms with van der Waals surface area (Å²) in [6.07, 6.45) is 5.70. The summed E-state index contributed by atoms with van der Waals surface area (Å²) in [6, 6.07) is 0. The minimum absolute atomic E-state index is 0.0166. The van der Waals surface area contributed by atoms with Crippen LogP contribution in [-0.4, -0.2) is 22.3 Å². The Balaban J connectivity index is 1.79. The van der Waals surface area contributed by atoms with Crippen LogP contribution in [0.4, 0.5) is 0 Å². The van der Waals surface area contributed by atoms with E-state index in [4.69, 9.17) is 4.74 Å². The molecule has 4 rings (SSSR count). The summed E-state index contributed by atoms with van der Waals surface area (Å²) >= 11 is 0. The molecule has 0 spiro atoms. The summed E-state index contributed by atoms with van der Waals surface area (Å²) in [4.78, 5) is 12.2. The standard InChI is InChI=1S/C16H26O3/c1-4-10(2)14(17)19-15(3)12-5-11-6-13(15)9-16(18,7-11)8-12/h10-13,18H,4-9H2,1-3H3. The van der Waals surface area contributed by atoms with Gasteiger partial charge in [0.25, 0.3) is 0 Å². The average molecular weight is 266 g/mol. The normalized spacial score (nSPS) is 49.2. The van der Waals surface area contributed by atoms with E-state index < -0.39 is 5.60 Å². The molecule has 0 saturated heterocycles. The smallest absolute Gasteiger partial charge is 0.309 e. The number of carbonyl (C=O) groups excluding carboxylic acids is 1. The van der Waals surface area contributed by atoms with E-state index in [9.17, 15) is 9.90 Å². The third kappa shape index (κ3) is 2.01. The summed E-state index contributed by atoms with van der Waals surface area (Å²) in [7, 11) is 0. The third-order valence-corrected chi connectivity index (χ3v) is 6.11. The number of carbonyl (C=O) groups is 1. The van der Waals surface area contributed by atoms with Crippen LogP contribution in [0, 0.1) is 23.7 Å². The molecule has 0 radical (unpaired) electrons. The third-order valence-electron chi connectivity index (χ3n) is 6.11. The molecule has 19 heavy (non-hydrogen) atoms. The van der Waals surface area contributed by atoms with Crippen molar-refractivity contribution >= 4 is 5.97 Å². The molecule has 3 atom stereocenters. The Hall–Kier alpha value is -0.570. The maximum atomic E-state index is 12.2. The summed E-state index contributed by atoms with van der Waals surface area (Å²) in [6.45, 7) is 6.08. The average Bonchev–Trinajstić information content (AvgIpc) is 2.33. The van der Waals surface area contributed by atoms with Gasteiger partial charge < -0.3 is 9.84 Å². The molecule has 4 aliphatic rings. The first kappa shape index (κ1) is 13.4. The number of esters is 1. The van der Waals surface area contributed by atoms with E-state index in [0.29, 0.717) is 17.8 Å². The van der Waals surface area contributed by atoms with E-state index in [1.807, 2.05) is 13.8 Å². The van der Waals surface area contributed by atoms with E-state index in [1.54, 1.807) is 0 Å². The van der Waals surface area contributed by atoms with Crippen molar-refractivity contribution in [3.05, 3.63) is 0 Å². The zero-order valence-corrected chi connectivity index (χ0v) is 12.3. The van der Waals surface area contributed by atoms with Crippen LogP contribution in [0.5, 0.6) is 0 Å². The molecule has 1 N–H and O–H groups in total. The minimum Gasteiger partial charge on any atom is -0.459 e. The maximum Gasteiger partial charge on any atom is 0.309 e. The van der Waals surface area contributed by atoms with Crippen molar-refractivity contribution in [3.8, 4) is 0 Å². The lowest BCUT2D eigenvalue weighted by atomic mass is 9.48. The van der Waals surface area contributed by atoms with Crippen LogP contribution in [0.3, 0.4) is 0 Å². The first-order valence-electron chi connectivity index (χ1n) is 7.81. The predicted octanol–water partition coefficient (Wildman–Crippen LogP) is 2.91. The molecule has 0 aliphatic heterocycles. The van der Waals surface area contributed by atoms with Gasteiger partial charge in [-0.15, -0.1) is 0 Å². The Morgan fingerprint density at radius 3 is 2.37 bits per heavy atom. The Morgan fingerprint density at radius 2 is 1.89 bits per heavy atom. The lowest BCUT2D eigenvalue weighted by Gasteiger charge is -2.62. The van der Waals surface area contributed by atoms with Crippen LogP contribution in [0.25, 0.3) is 0 Å². The van der Waals surface area contributed by atoms with Gasteiger partial charge in [0.05, 0.1) is 11.5 Å². The summed E-state index contributed by atoms with van der Waals surface area (Å²) in [5.74, 6) is 1.30. The van der Waals surface area contributed by atoms with E-state index >= 15 is 0 Å². The monoisotopic (exact) mass is 266 g/mol. The van der Waals surface area contributed by atoms with Crippen LogP contribution < -0.4 is 0 Å². The fourth-order valence-electron chi connectivity index (χ4n) is 4.80. The fraction of sp³-hybridized carbons (Fsp3) is 0.938. The van der Waals surface area contributed by atoms with Crippen molar-refractivity contribution in [2.45, 2.75) is 70.5 Å². The Kier molecular flexibility index (Phi) is 2.97. The second kappa shape index (κ2) is 4.21. The molecule has 0 aromatic carbocycles. The largest absolute Gasteiger partial charge is 0.459 e. The molecule has 108 valence electrons. The van der Waals surface area contributed by atoms with Gasteiger partial charge in [-0.05, 0) is 51.4 Å². The molecule has 3 nitrogen and oxygen atoms in total. The number of ether oxygens (including phenoxy) is 1. The first-order valence-corrected chi connectivity index (χ1v) is 7.81. The molecule has 3 unspecified atom stereocenters. The van der Waals surface area contributed by atoms with Crippen molar-refractivity contribution < 1.29 is 14.6 Å². The molecule has 4 saturated carbocycles. The lowest BCUT2D eigenvalue weighted by Crippen LogP contribution is -2.63. The lowest BCUT2D eigenvalue weighted by molar-refractivity contribution is -0.237. The zero-order chi connectivity index (χ0) is 13.8. The van der Waals surface area contributed by atoms with Crippen LogP contribution in [0.1, 0.15) is 59.3 Å². The van der Waals surface area contributed by atoms with Gasteiger partial charge >= 0.3 is 5.97 Å². The molecule has 0 aromatic rings. The number of hydrogen-bond donors (Lipinski definition) is 1. The summed E-state index contributed by atoms with van der Waals surface area (Å²) in [5, 5.41) is 10.6. The SMILES string of the molecule is CCC(C)C(=O)OC1(C)C2CC3CC1CC(O)(C3)C2. The molecule has 0 aromatic heterocycles. The number of aliphatic hydroxyl groups is 1. The molecule has 3 heteroatoms. The van der Waals surface area contributed by atoms with E-state index in [1.165, 1.54) is 0 Å². The molecule has 4 fully saturated rings. The van der Waals surface area contributed by atoms with Crippen molar-refractivity contribution in [2.75, 3.05) is 0 Å². The maximum absolute atomic E-state index is 12.2. The molecule has 0 heterocycles. The minimum atomic E-state index is -0.460. The van der Waals surface area contributed by atoms with Crippen molar-refractivity contribution in [1.29, 1.82) is 0 Å². The van der Waals surface area contributed by atoms with Crippen LogP contribution in [0.15, 0.2) is 0 Å². The molecule has 0 amide bonds. The van der Waals surface area contributed by atoms with E-state index in [0.717, 1.165) is 38.5 Å². The van der Waals surface area contributed by atoms with Gasteiger partial charge in [-0.1, -0.05) is 13.8 Å². The predicted molar refractivity (Wildman–Crippen MR) is 72.5 cm³/mol. The Labute approximate surface area is 115 Å². The van der Waals surface area contributed by atoms with Gasteiger partial charge in [-0.25, -0.2) is 0 Å². The zero-order valence-electron chi connectivity index (χ0n) is 12.3. The molecule has 4 aliphatic carbocycles. The molecular weight excluding hydrogens is 240 g/mol. The van der Waals surface area contributed by atoms with Crippen molar-refractivity contribution in [3.63, 3.8) is 0 Å². The summed E-state index contributed by atoms with van der Waals surface area (Å²) < 4.78 is 5.96. The van der Waals surface area contributed by atoms with Gasteiger partial charge in [-0.2, -0.15) is 0 Å². The summed E-state index contributed by atoms with van der Waals surface area (Å²) in [5.41, 5.74) is -0.789. The highest BCUT2D eigenvalue weighted by molar-refractivity contribution is 5.72. The van der Waals surface area contributed by atoms with Crippen molar-refractivity contribution in [1.82, 2.24) is 0 Å². The highest BCUT2D eigenvalue weighted by atomic mass is 16.6. The van der Waals surface area contributed by atoms with Crippen LogP contribution >= 0.6 is 0 Å². The highest BCUT2D eigenvalue weighted by Crippen LogP contribution is 2.61. The van der Waals surface area contributed by atoms with Gasteiger partial charge in [0, 0.05) is 11.8 Å². The van der Waals surface area contributed by atoms with Gasteiger partial charge in [-0.3, -0.25) is 4.79 Å². The second-order valence-electron chi connectivity index (χ2n) is 7.48. The van der Waals surface area contributed by atoms with Gasteiger partial charge in [0.1, 0.15) is 5.60 Å². The first-order chi connectivity index (χ1) is 8.86. The van der Waals surface area contributed by atoms with Gasteiger partial charge in [0.2, 0.25) is 0 Å². The topological polar surface area (TPSA) is 46.5 Å². The van der Waals surface area contributed by atoms with Crippen LogP contribution in [0.2, 0.25) is 0 Å². The van der Waals surface area contributed by atoms with Crippen LogP contribution in [-0.2, 0) is 9.53 Å². The number of rotatable bonds is 3. The quantitative estimate of drug-likeness (QED) is 0.799. The fourth-order valence-corrected chi connectivity index (χ4v) is 4.80. The van der Waals surface area contributed by atoms with Crippen molar-refractivity contribution in [2.24, 2.45) is 23.7 Å². The van der Waals surface area contributed by atoms with E-state index in [2.05, 4.69) is 6.92 Å². The number of hydrogen-bond acceptors (Lipinski definition) is 3. The molecular formula is C16H26O3. The second-order valence-corrected chi connectivity index (χ2v) is 7.48. The van der Waals surface area contributed by atoms with E-state index in [-0.39, 0.29) is 17.5 Å². The molecule has 4 bridgehead atoms. The Morgan fingerprint density at radius 1 is 1.32 bits per heavy atom. The highest BCUT2D eigenvalue weighted by Gasteiger charge is 2.61. The van der Waals surface area contributed by atoms with Gasteiger partial charge in [0.15, 0.2) is 0 Å².